The van der Waals surface area contributed by atoms with E-state index in [-0.39, 0.29) is 5.82 Å². The van der Waals surface area contributed by atoms with Gasteiger partial charge in [0.2, 0.25) is 0 Å². The molecule has 0 aliphatic carbocycles. The van der Waals surface area contributed by atoms with Crippen molar-refractivity contribution >= 4 is 5.96 Å². The van der Waals surface area contributed by atoms with E-state index in [1.54, 1.807) is 6.07 Å². The molecule has 0 atom stereocenters. The molecule has 4 nitrogen and oxygen atoms in total. The summed E-state index contributed by atoms with van der Waals surface area (Å²) in [7, 11) is 2.17. The molecule has 0 bridgehead atoms. The van der Waals surface area contributed by atoms with Crippen LogP contribution in [0, 0.1) is 11.7 Å². The van der Waals surface area contributed by atoms with E-state index < -0.39 is 0 Å². The predicted molar refractivity (Wildman–Crippen MR) is 94.3 cm³/mol. The van der Waals surface area contributed by atoms with E-state index >= 15 is 0 Å². The molecule has 1 aromatic rings. The van der Waals surface area contributed by atoms with Gasteiger partial charge in [0.05, 0.1) is 0 Å². The highest BCUT2D eigenvalue weighted by atomic mass is 19.1. The Labute approximate surface area is 139 Å². The van der Waals surface area contributed by atoms with Gasteiger partial charge >= 0.3 is 0 Å². The number of hydrogen-bond donors (Lipinski definition) is 2. The standard InChI is InChI=1S/C18H29FN4/c1-3-20-18(22-14-15-9-12-23(2)13-10-15)21-11-8-16-6-4-5-7-17(16)19/h4-7,15H,3,8-14H2,1-2H3,(H2,20,21,22). The van der Waals surface area contributed by atoms with Crippen LogP contribution in [0.1, 0.15) is 25.3 Å². The van der Waals surface area contributed by atoms with Crippen LogP contribution in [0.2, 0.25) is 0 Å². The summed E-state index contributed by atoms with van der Waals surface area (Å²) >= 11 is 0. The molecule has 1 aromatic carbocycles. The maximum atomic E-state index is 13.6. The molecule has 1 fully saturated rings. The lowest BCUT2D eigenvalue weighted by Gasteiger charge is -2.28. The fourth-order valence-electron chi connectivity index (χ4n) is 2.82. The van der Waals surface area contributed by atoms with Crippen LogP contribution in [0.4, 0.5) is 4.39 Å². The van der Waals surface area contributed by atoms with Gasteiger partial charge in [0.25, 0.3) is 0 Å². The number of rotatable bonds is 6. The van der Waals surface area contributed by atoms with Crippen molar-refractivity contribution < 1.29 is 4.39 Å². The molecule has 1 aliphatic rings. The third-order valence-corrected chi connectivity index (χ3v) is 4.33. The number of nitrogens with one attached hydrogen (secondary N) is 2. The first-order valence-electron chi connectivity index (χ1n) is 8.63. The van der Waals surface area contributed by atoms with Crippen LogP contribution < -0.4 is 10.6 Å². The lowest BCUT2D eigenvalue weighted by Crippen LogP contribution is -2.39. The van der Waals surface area contributed by atoms with Crippen molar-refractivity contribution in [1.82, 2.24) is 15.5 Å². The van der Waals surface area contributed by atoms with Gasteiger partial charge in [-0.25, -0.2) is 4.39 Å². The number of nitrogens with zero attached hydrogens (tertiary/aromatic N) is 2. The maximum Gasteiger partial charge on any atom is 0.191 e. The van der Waals surface area contributed by atoms with Gasteiger partial charge in [0, 0.05) is 19.6 Å². The van der Waals surface area contributed by atoms with Crippen molar-refractivity contribution in [3.05, 3.63) is 35.6 Å². The predicted octanol–water partition coefficient (Wildman–Crippen LogP) is 2.27. The molecule has 0 unspecified atom stereocenters. The Bertz CT molecular complexity index is 496. The van der Waals surface area contributed by atoms with Crippen molar-refractivity contribution in [3.63, 3.8) is 0 Å². The third-order valence-electron chi connectivity index (χ3n) is 4.33. The van der Waals surface area contributed by atoms with Crippen LogP contribution in [-0.2, 0) is 6.42 Å². The zero-order valence-electron chi connectivity index (χ0n) is 14.3. The number of guanidine groups is 1. The van der Waals surface area contributed by atoms with Crippen molar-refractivity contribution in [1.29, 1.82) is 0 Å². The summed E-state index contributed by atoms with van der Waals surface area (Å²) in [6.45, 7) is 6.76. The average Bonchev–Trinajstić information content (AvgIpc) is 2.56. The molecule has 0 spiro atoms. The van der Waals surface area contributed by atoms with Crippen LogP contribution >= 0.6 is 0 Å². The zero-order chi connectivity index (χ0) is 16.5. The number of halogens is 1. The van der Waals surface area contributed by atoms with Crippen LogP contribution in [0.5, 0.6) is 0 Å². The smallest absolute Gasteiger partial charge is 0.191 e. The summed E-state index contributed by atoms with van der Waals surface area (Å²) in [5.74, 6) is 1.37. The Kier molecular flexibility index (Phi) is 7.33. The fourth-order valence-corrected chi connectivity index (χ4v) is 2.82. The first-order valence-corrected chi connectivity index (χ1v) is 8.63. The molecule has 1 saturated heterocycles. The Morgan fingerprint density at radius 3 is 2.70 bits per heavy atom. The van der Waals surface area contributed by atoms with Crippen LogP contribution in [0.15, 0.2) is 29.3 Å². The molecule has 2 rings (SSSR count). The first kappa shape index (κ1) is 17.7. The fraction of sp³-hybridized carbons (Fsp3) is 0.611. The highest BCUT2D eigenvalue weighted by Gasteiger charge is 2.16. The molecule has 5 heteroatoms. The first-order chi connectivity index (χ1) is 11.2. The summed E-state index contributed by atoms with van der Waals surface area (Å²) < 4.78 is 13.6. The second kappa shape index (κ2) is 9.50. The van der Waals surface area contributed by atoms with E-state index in [9.17, 15) is 4.39 Å². The Morgan fingerprint density at radius 2 is 2.00 bits per heavy atom. The van der Waals surface area contributed by atoms with Crippen molar-refractivity contribution in [3.8, 4) is 0 Å². The third kappa shape index (κ3) is 6.18. The highest BCUT2D eigenvalue weighted by molar-refractivity contribution is 5.79. The Hall–Kier alpha value is -1.62. The summed E-state index contributed by atoms with van der Waals surface area (Å²) in [4.78, 5) is 7.07. The van der Waals surface area contributed by atoms with E-state index in [1.165, 1.54) is 18.9 Å². The summed E-state index contributed by atoms with van der Waals surface area (Å²) in [5, 5.41) is 6.57. The van der Waals surface area contributed by atoms with E-state index in [0.29, 0.717) is 18.9 Å². The minimum absolute atomic E-state index is 0.137. The van der Waals surface area contributed by atoms with Gasteiger partial charge in [-0.2, -0.15) is 0 Å². The molecule has 2 N–H and O–H groups in total. The largest absolute Gasteiger partial charge is 0.357 e. The monoisotopic (exact) mass is 320 g/mol. The summed E-state index contributed by atoms with van der Waals surface area (Å²) in [6.07, 6.45) is 3.09. The van der Waals surface area contributed by atoms with Crippen LogP contribution in [0.25, 0.3) is 0 Å². The highest BCUT2D eigenvalue weighted by Crippen LogP contribution is 2.15. The van der Waals surface area contributed by atoms with E-state index in [0.717, 1.165) is 37.7 Å². The van der Waals surface area contributed by atoms with E-state index in [2.05, 4.69) is 29.5 Å². The summed E-state index contributed by atoms with van der Waals surface area (Å²) in [5.41, 5.74) is 0.742. The molecule has 23 heavy (non-hydrogen) atoms. The quantitative estimate of drug-likeness (QED) is 0.624. The maximum absolute atomic E-state index is 13.6. The van der Waals surface area contributed by atoms with Crippen molar-refractivity contribution in [2.24, 2.45) is 10.9 Å². The second-order valence-corrected chi connectivity index (χ2v) is 6.23. The minimum Gasteiger partial charge on any atom is -0.357 e. The van der Waals surface area contributed by atoms with Crippen LogP contribution in [0.3, 0.4) is 0 Å². The molecule has 0 aromatic heterocycles. The van der Waals surface area contributed by atoms with Crippen molar-refractivity contribution in [2.75, 3.05) is 39.8 Å². The van der Waals surface area contributed by atoms with Gasteiger partial charge < -0.3 is 15.5 Å². The van der Waals surface area contributed by atoms with Gasteiger partial charge in [-0.05, 0) is 63.9 Å². The Morgan fingerprint density at radius 1 is 1.26 bits per heavy atom. The normalized spacial score (nSPS) is 17.3. The number of aliphatic imine (C=N–C) groups is 1. The zero-order valence-corrected chi connectivity index (χ0v) is 14.3. The lowest BCUT2D eigenvalue weighted by atomic mass is 9.97. The average molecular weight is 320 g/mol. The SMILES string of the molecule is CCNC(=NCC1CCN(C)CC1)NCCc1ccccc1F. The van der Waals surface area contributed by atoms with Gasteiger partial charge in [0.1, 0.15) is 5.82 Å². The number of benzene rings is 1. The Balaban J connectivity index is 1.78. The molecule has 0 radical (unpaired) electrons. The number of hydrogen-bond acceptors (Lipinski definition) is 2. The summed E-state index contributed by atoms with van der Waals surface area (Å²) in [6, 6.07) is 6.94. The van der Waals surface area contributed by atoms with Gasteiger partial charge in [-0.15, -0.1) is 0 Å². The number of piperidine rings is 1. The van der Waals surface area contributed by atoms with Crippen LogP contribution in [-0.4, -0.2) is 50.6 Å². The van der Waals surface area contributed by atoms with Crippen molar-refractivity contribution in [2.45, 2.75) is 26.2 Å². The lowest BCUT2D eigenvalue weighted by molar-refractivity contribution is 0.223. The molecule has 0 saturated carbocycles. The topological polar surface area (TPSA) is 39.7 Å². The minimum atomic E-state index is -0.137. The number of likely N-dealkylation sites (tertiary alicyclic amines) is 1. The van der Waals surface area contributed by atoms with Gasteiger partial charge in [0.15, 0.2) is 5.96 Å². The molecule has 128 valence electrons. The second-order valence-electron chi connectivity index (χ2n) is 6.23. The van der Waals surface area contributed by atoms with E-state index in [1.807, 2.05) is 12.1 Å². The van der Waals surface area contributed by atoms with Gasteiger partial charge in [-0.1, -0.05) is 18.2 Å². The molecule has 1 heterocycles. The molecule has 0 amide bonds. The molecular formula is C18H29FN4. The van der Waals surface area contributed by atoms with Gasteiger partial charge in [-0.3, -0.25) is 4.99 Å². The molecular weight excluding hydrogens is 291 g/mol. The van der Waals surface area contributed by atoms with E-state index in [4.69, 9.17) is 4.99 Å². The molecule has 1 aliphatic heterocycles.